The molecule has 0 amide bonds. The Kier molecular flexibility index (Phi) is 4.04. The fourth-order valence-electron chi connectivity index (χ4n) is 0.839. The van der Waals surface area contributed by atoms with Crippen LogP contribution >= 0.6 is 15.9 Å². The molecule has 0 aliphatic rings. The number of hydrogen-bond acceptors (Lipinski definition) is 4. The highest BCUT2D eigenvalue weighted by molar-refractivity contribution is 9.10. The van der Waals surface area contributed by atoms with E-state index in [-0.39, 0.29) is 6.42 Å². The quantitative estimate of drug-likeness (QED) is 0.709. The van der Waals surface area contributed by atoms with Gasteiger partial charge in [0.25, 0.3) is 0 Å². The molecule has 0 saturated carbocycles. The van der Waals surface area contributed by atoms with Gasteiger partial charge in [0, 0.05) is 7.11 Å². The summed E-state index contributed by atoms with van der Waals surface area (Å²) in [6, 6.07) is 0. The van der Waals surface area contributed by atoms with Crippen molar-refractivity contribution in [2.75, 3.05) is 13.7 Å². The maximum absolute atomic E-state index is 10.2. The Morgan fingerprint density at radius 3 is 3.00 bits per heavy atom. The van der Waals surface area contributed by atoms with E-state index in [1.165, 1.54) is 4.80 Å². The Hall–Kier alpha value is -0.750. The van der Waals surface area contributed by atoms with Gasteiger partial charge >= 0.3 is 0 Å². The molecule has 0 unspecified atom stereocenters. The van der Waals surface area contributed by atoms with Crippen LogP contribution in [0.4, 0.5) is 0 Å². The van der Waals surface area contributed by atoms with Crippen molar-refractivity contribution in [3.8, 4) is 0 Å². The van der Waals surface area contributed by atoms with Crippen LogP contribution in [-0.2, 0) is 22.5 Å². The zero-order valence-corrected chi connectivity index (χ0v) is 8.82. The number of carbonyl (C=O) groups is 1. The summed E-state index contributed by atoms with van der Waals surface area (Å²) in [5.41, 5.74) is 0.658. The molecular formula is C7H10BrN3O2. The Bertz CT molecular complexity index is 287. The van der Waals surface area contributed by atoms with E-state index in [2.05, 4.69) is 26.1 Å². The second kappa shape index (κ2) is 5.08. The van der Waals surface area contributed by atoms with E-state index in [9.17, 15) is 4.79 Å². The van der Waals surface area contributed by atoms with Crippen molar-refractivity contribution in [2.45, 2.75) is 13.0 Å². The largest absolute Gasteiger partial charge is 0.383 e. The summed E-state index contributed by atoms with van der Waals surface area (Å²) in [6.07, 6.45) is 1.09. The van der Waals surface area contributed by atoms with Crippen LogP contribution in [0.5, 0.6) is 0 Å². The molecule has 1 aromatic rings. The lowest BCUT2D eigenvalue weighted by Crippen LogP contribution is -2.07. The third-order valence-electron chi connectivity index (χ3n) is 1.45. The highest BCUT2D eigenvalue weighted by Crippen LogP contribution is 2.10. The Labute approximate surface area is 84.2 Å². The van der Waals surface area contributed by atoms with Gasteiger partial charge in [0.1, 0.15) is 12.0 Å². The summed E-state index contributed by atoms with van der Waals surface area (Å²) >= 11 is 3.22. The third-order valence-corrected chi connectivity index (χ3v) is 2.07. The average Bonchev–Trinajstić information content (AvgIpc) is 2.45. The second-order valence-electron chi connectivity index (χ2n) is 2.40. The number of nitrogens with zero attached hydrogens (tertiary/aromatic N) is 3. The van der Waals surface area contributed by atoms with Crippen molar-refractivity contribution < 1.29 is 9.53 Å². The maximum Gasteiger partial charge on any atom is 0.152 e. The summed E-state index contributed by atoms with van der Waals surface area (Å²) in [7, 11) is 1.62. The molecule has 0 saturated heterocycles. The van der Waals surface area contributed by atoms with Crippen LogP contribution < -0.4 is 0 Å². The zero-order valence-electron chi connectivity index (χ0n) is 7.23. The minimum absolute atomic E-state index is 0.285. The van der Waals surface area contributed by atoms with E-state index in [1.807, 2.05) is 0 Å². The molecule has 0 N–H and O–H groups in total. The van der Waals surface area contributed by atoms with Crippen LogP contribution in [0.15, 0.2) is 4.60 Å². The predicted octanol–water partition coefficient (Wildman–Crippen LogP) is 0.428. The summed E-state index contributed by atoms with van der Waals surface area (Å²) in [6.45, 7) is 1.15. The monoisotopic (exact) mass is 247 g/mol. The number of methoxy groups -OCH3 is 1. The lowest BCUT2D eigenvalue weighted by atomic mass is 10.4. The van der Waals surface area contributed by atoms with Crippen molar-refractivity contribution in [1.82, 2.24) is 15.0 Å². The molecule has 0 aromatic carbocycles. The number of aromatic nitrogens is 3. The van der Waals surface area contributed by atoms with E-state index in [1.54, 1.807) is 7.11 Å². The van der Waals surface area contributed by atoms with E-state index >= 15 is 0 Å². The van der Waals surface area contributed by atoms with Gasteiger partial charge < -0.3 is 9.53 Å². The fraction of sp³-hybridized carbons (Fsp3) is 0.571. The van der Waals surface area contributed by atoms with Crippen molar-refractivity contribution in [3.05, 3.63) is 10.3 Å². The van der Waals surface area contributed by atoms with Crippen LogP contribution in [0.2, 0.25) is 0 Å². The van der Waals surface area contributed by atoms with E-state index in [0.29, 0.717) is 23.4 Å². The van der Waals surface area contributed by atoms with Crippen LogP contribution in [0.25, 0.3) is 0 Å². The minimum atomic E-state index is 0.285. The first-order valence-electron chi connectivity index (χ1n) is 3.80. The van der Waals surface area contributed by atoms with Gasteiger partial charge in [-0.2, -0.15) is 9.90 Å². The van der Waals surface area contributed by atoms with Gasteiger partial charge in [-0.3, -0.25) is 0 Å². The molecule has 0 fully saturated rings. The van der Waals surface area contributed by atoms with Gasteiger partial charge in [0.15, 0.2) is 4.60 Å². The van der Waals surface area contributed by atoms with Gasteiger partial charge in [-0.15, -0.1) is 5.10 Å². The topological polar surface area (TPSA) is 57.0 Å². The molecule has 0 bridgehead atoms. The zero-order chi connectivity index (χ0) is 9.68. The molecular weight excluding hydrogens is 238 g/mol. The van der Waals surface area contributed by atoms with Crippen LogP contribution in [0, 0.1) is 0 Å². The Morgan fingerprint density at radius 1 is 1.62 bits per heavy atom. The Morgan fingerprint density at radius 2 is 2.38 bits per heavy atom. The first-order chi connectivity index (χ1) is 6.27. The predicted molar refractivity (Wildman–Crippen MR) is 49.4 cm³/mol. The lowest BCUT2D eigenvalue weighted by molar-refractivity contribution is -0.107. The Balaban J connectivity index is 2.64. The van der Waals surface area contributed by atoms with Gasteiger partial charge in [-0.1, -0.05) is 0 Å². The third kappa shape index (κ3) is 2.89. The smallest absolute Gasteiger partial charge is 0.152 e. The van der Waals surface area contributed by atoms with Crippen LogP contribution in [0.1, 0.15) is 5.69 Å². The molecule has 1 rings (SSSR count). The van der Waals surface area contributed by atoms with E-state index in [4.69, 9.17) is 4.74 Å². The van der Waals surface area contributed by atoms with Gasteiger partial charge in [-0.25, -0.2) is 0 Å². The highest BCUT2D eigenvalue weighted by Gasteiger charge is 2.06. The maximum atomic E-state index is 10.2. The van der Waals surface area contributed by atoms with Crippen molar-refractivity contribution in [3.63, 3.8) is 0 Å². The lowest BCUT2D eigenvalue weighted by Gasteiger charge is -1.95. The van der Waals surface area contributed by atoms with Crippen molar-refractivity contribution in [1.29, 1.82) is 0 Å². The molecule has 13 heavy (non-hydrogen) atoms. The van der Waals surface area contributed by atoms with Gasteiger partial charge in [0.05, 0.1) is 19.6 Å². The summed E-state index contributed by atoms with van der Waals surface area (Å²) in [5.74, 6) is 0. The first kappa shape index (κ1) is 10.3. The molecule has 0 atom stereocenters. The number of ether oxygens (including phenoxy) is 1. The normalized spacial score (nSPS) is 10.3. The molecule has 0 radical (unpaired) electrons. The average molecular weight is 248 g/mol. The summed E-state index contributed by atoms with van der Waals surface area (Å²) in [4.78, 5) is 11.7. The first-order valence-corrected chi connectivity index (χ1v) is 4.59. The van der Waals surface area contributed by atoms with Crippen LogP contribution in [-0.4, -0.2) is 35.0 Å². The SMILES string of the molecule is COCCn1nc(Br)c(CC=O)n1. The van der Waals surface area contributed by atoms with Gasteiger partial charge in [0.2, 0.25) is 0 Å². The summed E-state index contributed by atoms with van der Waals surface area (Å²) < 4.78 is 5.49. The number of rotatable bonds is 5. The minimum Gasteiger partial charge on any atom is -0.383 e. The number of halogens is 1. The van der Waals surface area contributed by atoms with E-state index < -0.39 is 0 Å². The molecule has 0 aliphatic heterocycles. The second-order valence-corrected chi connectivity index (χ2v) is 3.15. The molecule has 6 heteroatoms. The van der Waals surface area contributed by atoms with E-state index in [0.717, 1.165) is 6.29 Å². The highest BCUT2D eigenvalue weighted by atomic mass is 79.9. The van der Waals surface area contributed by atoms with Crippen molar-refractivity contribution in [2.24, 2.45) is 0 Å². The van der Waals surface area contributed by atoms with Crippen LogP contribution in [0.3, 0.4) is 0 Å². The number of aldehydes is 1. The molecule has 0 spiro atoms. The van der Waals surface area contributed by atoms with Crippen molar-refractivity contribution >= 4 is 22.2 Å². The standard InChI is InChI=1S/C7H10BrN3O2/c1-13-5-3-11-9-6(2-4-12)7(8)10-11/h4H,2-3,5H2,1H3. The number of hydrogen-bond donors (Lipinski definition) is 0. The summed E-state index contributed by atoms with van der Waals surface area (Å²) in [5, 5.41) is 8.13. The molecule has 1 aromatic heterocycles. The molecule has 72 valence electrons. The fourth-order valence-corrected chi connectivity index (χ4v) is 1.26. The molecule has 5 nitrogen and oxygen atoms in total. The number of carbonyl (C=O) groups excluding carboxylic acids is 1. The molecule has 1 heterocycles. The van der Waals surface area contributed by atoms with Gasteiger partial charge in [-0.05, 0) is 15.9 Å². The molecule has 0 aliphatic carbocycles.